The number of ether oxygens (including phenoxy) is 2. The number of para-hydroxylation sites is 2. The van der Waals surface area contributed by atoms with Gasteiger partial charge < -0.3 is 14.0 Å². The number of benzene rings is 3. The molecule has 0 unspecified atom stereocenters. The molecule has 0 aliphatic heterocycles. The SMILES string of the molecule is COc1ccc2ccc(OC(=O)Cn3c(CSC)nc4ccccc43)cc2c1. The van der Waals surface area contributed by atoms with Gasteiger partial charge in [-0.25, -0.2) is 9.78 Å². The molecular formula is C22H20N2O3S. The van der Waals surface area contributed by atoms with Crippen LogP contribution in [0.4, 0.5) is 0 Å². The molecule has 4 aromatic rings. The normalized spacial score (nSPS) is 11.1. The lowest BCUT2D eigenvalue weighted by Gasteiger charge is -2.10. The molecule has 0 N–H and O–H groups in total. The molecule has 142 valence electrons. The molecule has 0 saturated heterocycles. The maximum atomic E-state index is 12.6. The van der Waals surface area contributed by atoms with Crippen LogP contribution in [0.1, 0.15) is 5.82 Å². The molecule has 0 fully saturated rings. The molecule has 0 saturated carbocycles. The molecule has 28 heavy (non-hydrogen) atoms. The van der Waals surface area contributed by atoms with Gasteiger partial charge in [-0.05, 0) is 53.4 Å². The predicted molar refractivity (Wildman–Crippen MR) is 113 cm³/mol. The standard InChI is InChI=1S/C22H20N2O3S/c1-26-17-9-7-15-8-10-18(12-16(15)11-17)27-22(25)13-24-20-6-4-3-5-19(20)23-21(24)14-28-2/h3-12H,13-14H2,1-2H3. The highest BCUT2D eigenvalue weighted by molar-refractivity contribution is 7.97. The lowest BCUT2D eigenvalue weighted by atomic mass is 10.1. The van der Waals surface area contributed by atoms with Crippen molar-refractivity contribution >= 4 is 39.5 Å². The third kappa shape index (κ3) is 3.68. The van der Waals surface area contributed by atoms with Gasteiger partial charge in [-0.2, -0.15) is 11.8 Å². The van der Waals surface area contributed by atoms with E-state index in [0.29, 0.717) is 5.75 Å². The van der Waals surface area contributed by atoms with Gasteiger partial charge in [0.2, 0.25) is 0 Å². The van der Waals surface area contributed by atoms with Crippen LogP contribution in [0.2, 0.25) is 0 Å². The maximum absolute atomic E-state index is 12.6. The fourth-order valence-corrected chi connectivity index (χ4v) is 3.71. The molecule has 1 aromatic heterocycles. The number of rotatable bonds is 6. The van der Waals surface area contributed by atoms with Gasteiger partial charge in [0, 0.05) is 0 Å². The van der Waals surface area contributed by atoms with E-state index in [-0.39, 0.29) is 12.5 Å². The highest BCUT2D eigenvalue weighted by Gasteiger charge is 2.15. The van der Waals surface area contributed by atoms with E-state index in [0.717, 1.165) is 39.1 Å². The van der Waals surface area contributed by atoms with E-state index in [1.165, 1.54) is 0 Å². The third-order valence-corrected chi connectivity index (χ3v) is 5.09. The zero-order valence-electron chi connectivity index (χ0n) is 15.7. The fourth-order valence-electron chi connectivity index (χ4n) is 3.23. The number of hydrogen-bond acceptors (Lipinski definition) is 5. The van der Waals surface area contributed by atoms with Crippen LogP contribution < -0.4 is 9.47 Å². The summed E-state index contributed by atoms with van der Waals surface area (Å²) in [5, 5.41) is 2.02. The van der Waals surface area contributed by atoms with E-state index in [2.05, 4.69) is 4.98 Å². The summed E-state index contributed by atoms with van der Waals surface area (Å²) in [6.07, 6.45) is 2.02. The first-order valence-electron chi connectivity index (χ1n) is 8.89. The predicted octanol–water partition coefficient (Wildman–Crippen LogP) is 4.67. The lowest BCUT2D eigenvalue weighted by Crippen LogP contribution is -2.17. The van der Waals surface area contributed by atoms with Crippen molar-refractivity contribution in [2.45, 2.75) is 12.3 Å². The van der Waals surface area contributed by atoms with E-state index in [1.807, 2.05) is 71.5 Å². The first kappa shape index (κ1) is 18.4. The Labute approximate surface area is 167 Å². The molecule has 0 aliphatic rings. The molecule has 0 aliphatic carbocycles. The minimum absolute atomic E-state index is 0.118. The molecule has 0 bridgehead atoms. The zero-order chi connectivity index (χ0) is 19.5. The molecule has 0 spiro atoms. The molecule has 0 radical (unpaired) electrons. The van der Waals surface area contributed by atoms with Gasteiger partial charge in [0.1, 0.15) is 23.9 Å². The Kier molecular flexibility index (Phi) is 5.21. The second-order valence-corrected chi connectivity index (χ2v) is 7.25. The summed E-state index contributed by atoms with van der Waals surface area (Å²) in [5.41, 5.74) is 1.82. The molecular weight excluding hydrogens is 372 g/mol. The highest BCUT2D eigenvalue weighted by Crippen LogP contribution is 2.25. The minimum Gasteiger partial charge on any atom is -0.497 e. The van der Waals surface area contributed by atoms with Gasteiger partial charge in [0.15, 0.2) is 0 Å². The number of methoxy groups -OCH3 is 1. The number of nitrogens with zero attached hydrogens (tertiary/aromatic N) is 2. The summed E-state index contributed by atoms with van der Waals surface area (Å²) in [6, 6.07) is 19.2. The summed E-state index contributed by atoms with van der Waals surface area (Å²) >= 11 is 1.67. The van der Waals surface area contributed by atoms with E-state index in [1.54, 1.807) is 18.9 Å². The van der Waals surface area contributed by atoms with Gasteiger partial charge in [0.25, 0.3) is 0 Å². The number of hydrogen-bond donors (Lipinski definition) is 0. The number of carbonyl (C=O) groups is 1. The van der Waals surface area contributed by atoms with Gasteiger partial charge in [-0.1, -0.05) is 24.3 Å². The second-order valence-electron chi connectivity index (χ2n) is 6.38. The van der Waals surface area contributed by atoms with E-state index in [4.69, 9.17) is 9.47 Å². The highest BCUT2D eigenvalue weighted by atomic mass is 32.2. The Bertz CT molecular complexity index is 1150. The quantitative estimate of drug-likeness (QED) is 0.353. The lowest BCUT2D eigenvalue weighted by molar-refractivity contribution is -0.135. The maximum Gasteiger partial charge on any atom is 0.331 e. The largest absolute Gasteiger partial charge is 0.497 e. The minimum atomic E-state index is -0.326. The molecule has 0 amide bonds. The summed E-state index contributed by atoms with van der Waals surface area (Å²) in [7, 11) is 1.63. The zero-order valence-corrected chi connectivity index (χ0v) is 16.5. The number of esters is 1. The van der Waals surface area contributed by atoms with Crippen molar-refractivity contribution < 1.29 is 14.3 Å². The van der Waals surface area contributed by atoms with Gasteiger partial charge in [-0.3, -0.25) is 0 Å². The van der Waals surface area contributed by atoms with Crippen molar-refractivity contribution in [2.24, 2.45) is 0 Å². The Morgan fingerprint density at radius 2 is 1.79 bits per heavy atom. The molecule has 5 nitrogen and oxygen atoms in total. The summed E-state index contributed by atoms with van der Waals surface area (Å²) < 4.78 is 12.8. The Morgan fingerprint density at radius 3 is 2.57 bits per heavy atom. The van der Waals surface area contributed by atoms with Crippen LogP contribution in [0.5, 0.6) is 11.5 Å². The van der Waals surface area contributed by atoms with Crippen molar-refractivity contribution in [3.63, 3.8) is 0 Å². The topological polar surface area (TPSA) is 53.4 Å². The van der Waals surface area contributed by atoms with Crippen LogP contribution in [-0.2, 0) is 17.1 Å². The summed E-state index contributed by atoms with van der Waals surface area (Å²) in [4.78, 5) is 17.3. The van der Waals surface area contributed by atoms with Crippen LogP contribution in [0, 0.1) is 0 Å². The Balaban J connectivity index is 1.58. The van der Waals surface area contributed by atoms with Crippen LogP contribution in [0.15, 0.2) is 60.7 Å². The fraction of sp³-hybridized carbons (Fsp3) is 0.182. The average molecular weight is 392 g/mol. The average Bonchev–Trinajstić information content (AvgIpc) is 3.05. The van der Waals surface area contributed by atoms with Crippen molar-refractivity contribution in [3.05, 3.63) is 66.5 Å². The van der Waals surface area contributed by atoms with Gasteiger partial charge in [-0.15, -0.1) is 0 Å². The first-order chi connectivity index (χ1) is 13.7. The number of aromatic nitrogens is 2. The number of thioether (sulfide) groups is 1. The molecule has 4 rings (SSSR count). The first-order valence-corrected chi connectivity index (χ1v) is 10.3. The molecule has 0 atom stereocenters. The third-order valence-electron chi connectivity index (χ3n) is 4.54. The summed E-state index contributed by atoms with van der Waals surface area (Å²) in [5.74, 6) is 2.56. The second kappa shape index (κ2) is 7.94. The van der Waals surface area contributed by atoms with Crippen molar-refractivity contribution in [3.8, 4) is 11.5 Å². The van der Waals surface area contributed by atoms with E-state index in [9.17, 15) is 4.79 Å². The summed E-state index contributed by atoms with van der Waals surface area (Å²) in [6.45, 7) is 0.118. The number of imidazole rings is 1. The van der Waals surface area contributed by atoms with Crippen molar-refractivity contribution in [1.29, 1.82) is 0 Å². The monoisotopic (exact) mass is 392 g/mol. The van der Waals surface area contributed by atoms with Crippen LogP contribution in [0.25, 0.3) is 21.8 Å². The Morgan fingerprint density at radius 1 is 1.04 bits per heavy atom. The van der Waals surface area contributed by atoms with Crippen molar-refractivity contribution in [2.75, 3.05) is 13.4 Å². The Hall–Kier alpha value is -2.99. The van der Waals surface area contributed by atoms with Crippen molar-refractivity contribution in [1.82, 2.24) is 9.55 Å². The molecule has 6 heteroatoms. The smallest absolute Gasteiger partial charge is 0.331 e. The number of carbonyl (C=O) groups excluding carboxylic acids is 1. The van der Waals surface area contributed by atoms with E-state index >= 15 is 0 Å². The molecule has 3 aromatic carbocycles. The van der Waals surface area contributed by atoms with Crippen LogP contribution >= 0.6 is 11.8 Å². The van der Waals surface area contributed by atoms with E-state index < -0.39 is 0 Å². The van der Waals surface area contributed by atoms with Gasteiger partial charge in [0.05, 0.1) is 23.9 Å². The molecule has 1 heterocycles. The van der Waals surface area contributed by atoms with Crippen LogP contribution in [-0.4, -0.2) is 28.9 Å². The van der Waals surface area contributed by atoms with Gasteiger partial charge >= 0.3 is 5.97 Å². The van der Waals surface area contributed by atoms with Crippen LogP contribution in [0.3, 0.4) is 0 Å². The number of fused-ring (bicyclic) bond motifs is 2.